The Bertz CT molecular complexity index is 1400. The SMILES string of the molecule is CN(c1ccc(Cl)cc1)c1ccc(C(=O)c2ccc(C#Cc3ccccc3)c(C(=O)O)c2)nc1. The Balaban J connectivity index is 1.58. The molecule has 0 amide bonds. The number of carboxylic acids is 1. The number of carbonyl (C=O) groups is 2. The molecule has 4 aromatic rings. The van der Waals surface area contributed by atoms with Crippen LogP contribution in [0.1, 0.15) is 37.5 Å². The molecule has 0 bridgehead atoms. The van der Waals surface area contributed by atoms with Gasteiger partial charge in [0.1, 0.15) is 5.69 Å². The van der Waals surface area contributed by atoms with Gasteiger partial charge in [-0.05, 0) is 66.7 Å². The molecule has 0 saturated heterocycles. The normalized spacial score (nSPS) is 10.2. The van der Waals surface area contributed by atoms with Gasteiger partial charge in [0.25, 0.3) is 0 Å². The molecular weight excluding hydrogens is 448 g/mol. The van der Waals surface area contributed by atoms with Gasteiger partial charge >= 0.3 is 5.97 Å². The van der Waals surface area contributed by atoms with Crippen LogP contribution in [0.15, 0.2) is 91.1 Å². The van der Waals surface area contributed by atoms with Gasteiger partial charge in [0.05, 0.1) is 17.4 Å². The third-order valence-corrected chi connectivity index (χ3v) is 5.46. The van der Waals surface area contributed by atoms with Crippen LogP contribution < -0.4 is 4.90 Å². The fourth-order valence-corrected chi connectivity index (χ4v) is 3.44. The molecule has 1 N–H and O–H groups in total. The summed E-state index contributed by atoms with van der Waals surface area (Å²) in [6.45, 7) is 0. The number of aromatic carboxylic acids is 1. The smallest absolute Gasteiger partial charge is 0.336 e. The first-order valence-corrected chi connectivity index (χ1v) is 10.7. The lowest BCUT2D eigenvalue weighted by molar-refractivity contribution is 0.0696. The van der Waals surface area contributed by atoms with Gasteiger partial charge in [0.2, 0.25) is 5.78 Å². The molecule has 4 rings (SSSR count). The molecule has 3 aromatic carbocycles. The number of halogens is 1. The van der Waals surface area contributed by atoms with E-state index >= 15 is 0 Å². The number of ketones is 1. The summed E-state index contributed by atoms with van der Waals surface area (Å²) in [7, 11) is 1.89. The molecule has 34 heavy (non-hydrogen) atoms. The number of anilines is 2. The zero-order valence-corrected chi connectivity index (χ0v) is 19.0. The number of aromatic nitrogens is 1. The Morgan fingerprint density at radius 2 is 1.59 bits per heavy atom. The van der Waals surface area contributed by atoms with Crippen molar-refractivity contribution >= 4 is 34.7 Å². The molecule has 0 aliphatic carbocycles. The van der Waals surface area contributed by atoms with Crippen LogP contribution in [0.3, 0.4) is 0 Å². The van der Waals surface area contributed by atoms with E-state index in [4.69, 9.17) is 11.6 Å². The molecule has 0 aliphatic rings. The molecule has 1 heterocycles. The van der Waals surface area contributed by atoms with Crippen LogP contribution >= 0.6 is 11.6 Å². The van der Waals surface area contributed by atoms with Crippen LogP contribution in [0.25, 0.3) is 0 Å². The van der Waals surface area contributed by atoms with Crippen molar-refractivity contribution in [1.82, 2.24) is 4.98 Å². The Hall–Kier alpha value is -4.40. The largest absolute Gasteiger partial charge is 0.478 e. The number of pyridine rings is 1. The van der Waals surface area contributed by atoms with Crippen molar-refractivity contribution in [2.24, 2.45) is 0 Å². The Kier molecular flexibility index (Phi) is 6.72. The van der Waals surface area contributed by atoms with E-state index < -0.39 is 5.97 Å². The fraction of sp³-hybridized carbons (Fsp3) is 0.0357. The monoisotopic (exact) mass is 466 g/mol. The van der Waals surface area contributed by atoms with E-state index in [1.54, 1.807) is 42.6 Å². The van der Waals surface area contributed by atoms with Gasteiger partial charge < -0.3 is 10.0 Å². The van der Waals surface area contributed by atoms with Crippen LogP contribution in [0.5, 0.6) is 0 Å². The molecule has 0 aliphatic heterocycles. The molecule has 1 aromatic heterocycles. The van der Waals surface area contributed by atoms with Crippen molar-refractivity contribution in [3.63, 3.8) is 0 Å². The standard InChI is InChI=1S/C28H19ClN2O3/c1-31(23-13-11-22(29)12-14-23)24-15-16-26(30-18-24)27(32)21-10-9-20(25(17-21)28(33)34)8-7-19-5-3-2-4-6-19/h2-6,9-18H,1H3,(H,33,34). The predicted molar refractivity (Wildman–Crippen MR) is 133 cm³/mol. The summed E-state index contributed by atoms with van der Waals surface area (Å²) in [5.74, 6) is 4.31. The summed E-state index contributed by atoms with van der Waals surface area (Å²) in [6, 6.07) is 24.5. The molecule has 166 valence electrons. The Labute approximate surface area is 202 Å². The lowest BCUT2D eigenvalue weighted by atomic mass is 10.00. The molecular formula is C28H19ClN2O3. The lowest BCUT2D eigenvalue weighted by Crippen LogP contribution is -2.11. The Morgan fingerprint density at radius 3 is 2.24 bits per heavy atom. The molecule has 6 heteroatoms. The highest BCUT2D eigenvalue weighted by molar-refractivity contribution is 6.30. The van der Waals surface area contributed by atoms with Crippen molar-refractivity contribution < 1.29 is 14.7 Å². The van der Waals surface area contributed by atoms with Gasteiger partial charge in [-0.25, -0.2) is 4.79 Å². The van der Waals surface area contributed by atoms with E-state index in [1.165, 1.54) is 6.07 Å². The molecule has 5 nitrogen and oxygen atoms in total. The number of carboxylic acid groups (broad SMARTS) is 1. The number of benzene rings is 3. The average Bonchev–Trinajstić information content (AvgIpc) is 2.87. The number of rotatable bonds is 5. The minimum Gasteiger partial charge on any atom is -0.478 e. The Morgan fingerprint density at radius 1 is 0.882 bits per heavy atom. The number of nitrogens with zero attached hydrogens (tertiary/aromatic N) is 2. The van der Waals surface area contributed by atoms with E-state index in [-0.39, 0.29) is 22.6 Å². The van der Waals surface area contributed by atoms with Crippen LogP contribution in [0.2, 0.25) is 5.02 Å². The maximum absolute atomic E-state index is 13.0. The van der Waals surface area contributed by atoms with E-state index in [0.29, 0.717) is 10.6 Å². The summed E-state index contributed by atoms with van der Waals surface area (Å²) in [4.78, 5) is 31.0. The molecule has 0 unspecified atom stereocenters. The quantitative estimate of drug-likeness (QED) is 0.296. The van der Waals surface area contributed by atoms with Crippen molar-refractivity contribution in [3.05, 3.63) is 124 Å². The van der Waals surface area contributed by atoms with Crippen LogP contribution in [0, 0.1) is 11.8 Å². The van der Waals surface area contributed by atoms with E-state index in [9.17, 15) is 14.7 Å². The molecule has 0 radical (unpaired) electrons. The van der Waals surface area contributed by atoms with Crippen LogP contribution in [-0.4, -0.2) is 28.9 Å². The second kappa shape index (κ2) is 10.0. The summed E-state index contributed by atoms with van der Waals surface area (Å²) in [6.07, 6.45) is 1.60. The number of carbonyl (C=O) groups excluding carboxylic acids is 1. The van der Waals surface area contributed by atoms with Crippen molar-refractivity contribution in [2.45, 2.75) is 0 Å². The van der Waals surface area contributed by atoms with Crippen LogP contribution in [-0.2, 0) is 0 Å². The van der Waals surface area contributed by atoms with Gasteiger partial charge in [-0.3, -0.25) is 9.78 Å². The minimum atomic E-state index is -1.15. The summed E-state index contributed by atoms with van der Waals surface area (Å²) in [5, 5.41) is 10.3. The average molecular weight is 467 g/mol. The second-order valence-corrected chi connectivity index (χ2v) is 7.88. The van der Waals surface area contributed by atoms with E-state index in [2.05, 4.69) is 16.8 Å². The zero-order chi connectivity index (χ0) is 24.1. The van der Waals surface area contributed by atoms with Gasteiger partial charge in [-0.1, -0.05) is 41.6 Å². The first-order chi connectivity index (χ1) is 16.4. The minimum absolute atomic E-state index is 0.0339. The molecule has 0 saturated carbocycles. The fourth-order valence-electron chi connectivity index (χ4n) is 3.31. The number of hydrogen-bond donors (Lipinski definition) is 1. The maximum Gasteiger partial charge on any atom is 0.336 e. The highest BCUT2D eigenvalue weighted by Gasteiger charge is 2.16. The van der Waals surface area contributed by atoms with Gasteiger partial charge in [0, 0.05) is 34.4 Å². The van der Waals surface area contributed by atoms with Gasteiger partial charge in [-0.15, -0.1) is 0 Å². The summed E-state index contributed by atoms with van der Waals surface area (Å²) < 4.78 is 0. The van der Waals surface area contributed by atoms with Crippen molar-refractivity contribution in [2.75, 3.05) is 11.9 Å². The second-order valence-electron chi connectivity index (χ2n) is 7.45. The molecule has 0 atom stereocenters. The highest BCUT2D eigenvalue weighted by atomic mass is 35.5. The first-order valence-electron chi connectivity index (χ1n) is 10.4. The maximum atomic E-state index is 13.0. The highest BCUT2D eigenvalue weighted by Crippen LogP contribution is 2.25. The molecule has 0 spiro atoms. The van der Waals surface area contributed by atoms with Crippen molar-refractivity contribution in [3.8, 4) is 11.8 Å². The predicted octanol–water partition coefficient (Wildman–Crippen LogP) is 5.83. The van der Waals surface area contributed by atoms with E-state index in [1.807, 2.05) is 54.4 Å². The van der Waals surface area contributed by atoms with Gasteiger partial charge in [0.15, 0.2) is 0 Å². The molecule has 0 fully saturated rings. The summed E-state index contributed by atoms with van der Waals surface area (Å²) >= 11 is 5.95. The number of hydrogen-bond acceptors (Lipinski definition) is 4. The topological polar surface area (TPSA) is 70.5 Å². The first kappa shape index (κ1) is 22.8. The zero-order valence-electron chi connectivity index (χ0n) is 18.2. The third-order valence-electron chi connectivity index (χ3n) is 5.21. The van der Waals surface area contributed by atoms with Gasteiger partial charge in [-0.2, -0.15) is 0 Å². The van der Waals surface area contributed by atoms with Crippen molar-refractivity contribution in [1.29, 1.82) is 0 Å². The van der Waals surface area contributed by atoms with E-state index in [0.717, 1.165) is 16.9 Å². The lowest BCUT2D eigenvalue weighted by Gasteiger charge is -2.19. The summed E-state index contributed by atoms with van der Waals surface area (Å²) in [5.41, 5.74) is 3.22. The van der Waals surface area contributed by atoms with Crippen LogP contribution in [0.4, 0.5) is 11.4 Å². The third kappa shape index (κ3) is 5.15.